The zero-order chi connectivity index (χ0) is 22.7. The summed E-state index contributed by atoms with van der Waals surface area (Å²) in [5, 5.41) is 3.72. The number of carbonyl (C=O) groups excluding carboxylic acids is 1. The van der Waals surface area contributed by atoms with Gasteiger partial charge in [0.25, 0.3) is 5.91 Å². The van der Waals surface area contributed by atoms with Crippen molar-refractivity contribution in [2.75, 3.05) is 65.3 Å². The van der Waals surface area contributed by atoms with E-state index in [1.165, 1.54) is 0 Å². The van der Waals surface area contributed by atoms with E-state index in [0.717, 1.165) is 60.3 Å². The summed E-state index contributed by atoms with van der Waals surface area (Å²) < 4.78 is 2.25. The summed E-state index contributed by atoms with van der Waals surface area (Å²) in [5.74, 6) is 0.885. The molecule has 4 rings (SSSR count). The molecule has 0 aliphatic carbocycles. The van der Waals surface area contributed by atoms with E-state index in [1.807, 2.05) is 49.3 Å². The Balaban J connectivity index is 1.65. The van der Waals surface area contributed by atoms with Gasteiger partial charge in [0.2, 0.25) is 5.95 Å². The van der Waals surface area contributed by atoms with E-state index in [9.17, 15) is 4.79 Å². The Hall–Kier alpha value is -2.61. The van der Waals surface area contributed by atoms with Crippen molar-refractivity contribution in [3.8, 4) is 0 Å². The first-order valence-corrected chi connectivity index (χ1v) is 11.4. The fourth-order valence-electron chi connectivity index (χ4n) is 3.93. The fourth-order valence-corrected chi connectivity index (χ4v) is 4.06. The SMILES string of the molecule is CN(C)CCNC(=O)c1ccc2c(c1)nc(N1CCN(C)CC1)n2Cc1ccc(Cl)cc1. The zero-order valence-corrected chi connectivity index (χ0v) is 19.8. The van der Waals surface area contributed by atoms with Crippen LogP contribution in [0.25, 0.3) is 11.0 Å². The average Bonchev–Trinajstić information content (AvgIpc) is 3.13. The van der Waals surface area contributed by atoms with Crippen molar-refractivity contribution in [1.82, 2.24) is 24.7 Å². The smallest absolute Gasteiger partial charge is 0.251 e. The van der Waals surface area contributed by atoms with Gasteiger partial charge in [0, 0.05) is 49.9 Å². The molecule has 2 aromatic carbocycles. The third-order valence-corrected chi connectivity index (χ3v) is 6.13. The summed E-state index contributed by atoms with van der Waals surface area (Å²) in [5.41, 5.74) is 3.67. The van der Waals surface area contributed by atoms with Gasteiger partial charge in [-0.25, -0.2) is 4.98 Å². The highest BCUT2D eigenvalue weighted by Crippen LogP contribution is 2.26. The number of amides is 1. The van der Waals surface area contributed by atoms with Crippen LogP contribution in [0.2, 0.25) is 5.02 Å². The van der Waals surface area contributed by atoms with Crippen LogP contribution in [0.15, 0.2) is 42.5 Å². The van der Waals surface area contributed by atoms with Crippen molar-refractivity contribution >= 4 is 34.5 Å². The minimum atomic E-state index is -0.0675. The molecule has 0 saturated carbocycles. The van der Waals surface area contributed by atoms with Gasteiger partial charge in [-0.2, -0.15) is 0 Å². The van der Waals surface area contributed by atoms with Gasteiger partial charge in [-0.3, -0.25) is 4.79 Å². The molecule has 1 aliphatic rings. The van der Waals surface area contributed by atoms with Gasteiger partial charge in [0.1, 0.15) is 0 Å². The lowest BCUT2D eigenvalue weighted by Gasteiger charge is -2.33. The van der Waals surface area contributed by atoms with Crippen LogP contribution in [0.1, 0.15) is 15.9 Å². The van der Waals surface area contributed by atoms with E-state index in [-0.39, 0.29) is 5.91 Å². The molecular formula is C24H31ClN6O. The molecule has 1 fully saturated rings. The number of carbonyl (C=O) groups is 1. The molecule has 1 saturated heterocycles. The van der Waals surface area contributed by atoms with Crippen molar-refractivity contribution < 1.29 is 4.79 Å². The molecule has 0 radical (unpaired) electrons. The molecule has 0 spiro atoms. The van der Waals surface area contributed by atoms with Gasteiger partial charge in [0.15, 0.2) is 0 Å². The normalized spacial score (nSPS) is 15.0. The first kappa shape index (κ1) is 22.6. The number of nitrogens with zero attached hydrogens (tertiary/aromatic N) is 5. The van der Waals surface area contributed by atoms with E-state index >= 15 is 0 Å². The molecule has 32 heavy (non-hydrogen) atoms. The van der Waals surface area contributed by atoms with Crippen LogP contribution in [0.3, 0.4) is 0 Å². The van der Waals surface area contributed by atoms with Gasteiger partial charge in [-0.1, -0.05) is 23.7 Å². The number of piperazine rings is 1. The van der Waals surface area contributed by atoms with Crippen LogP contribution in [0, 0.1) is 0 Å². The predicted octanol–water partition coefficient (Wildman–Crippen LogP) is 2.78. The molecule has 1 N–H and O–H groups in total. The monoisotopic (exact) mass is 454 g/mol. The van der Waals surface area contributed by atoms with E-state index < -0.39 is 0 Å². The largest absolute Gasteiger partial charge is 0.351 e. The third kappa shape index (κ3) is 5.23. The van der Waals surface area contributed by atoms with E-state index in [0.29, 0.717) is 18.7 Å². The molecule has 0 unspecified atom stereocenters. The quantitative estimate of drug-likeness (QED) is 0.595. The van der Waals surface area contributed by atoms with Crippen LogP contribution in [0.4, 0.5) is 5.95 Å². The summed E-state index contributed by atoms with van der Waals surface area (Å²) in [7, 11) is 6.13. The Labute approximate surface area is 194 Å². The molecular weight excluding hydrogens is 424 g/mol. The Kier molecular flexibility index (Phi) is 6.98. The van der Waals surface area contributed by atoms with Gasteiger partial charge < -0.3 is 24.6 Å². The van der Waals surface area contributed by atoms with Crippen molar-refractivity contribution in [3.05, 3.63) is 58.6 Å². The van der Waals surface area contributed by atoms with Crippen molar-refractivity contribution in [3.63, 3.8) is 0 Å². The number of anilines is 1. The number of fused-ring (bicyclic) bond motifs is 1. The number of nitrogens with one attached hydrogen (secondary N) is 1. The second-order valence-corrected chi connectivity index (χ2v) is 9.11. The molecule has 0 atom stereocenters. The topological polar surface area (TPSA) is 56.6 Å². The number of likely N-dealkylation sites (N-methyl/N-ethyl adjacent to an activating group) is 2. The van der Waals surface area contributed by atoms with Gasteiger partial charge in [-0.05, 0) is 57.0 Å². The fraction of sp³-hybridized carbons (Fsp3) is 0.417. The Bertz CT molecular complexity index is 1070. The summed E-state index contributed by atoms with van der Waals surface area (Å²) in [6.45, 7) is 5.98. The number of hydrogen-bond donors (Lipinski definition) is 1. The maximum Gasteiger partial charge on any atom is 0.251 e. The van der Waals surface area contributed by atoms with Gasteiger partial charge in [0.05, 0.1) is 17.6 Å². The van der Waals surface area contributed by atoms with Crippen LogP contribution < -0.4 is 10.2 Å². The highest BCUT2D eigenvalue weighted by Gasteiger charge is 2.22. The first-order chi connectivity index (χ1) is 15.4. The Morgan fingerprint density at radius 1 is 1.09 bits per heavy atom. The lowest BCUT2D eigenvalue weighted by atomic mass is 10.1. The molecule has 1 aliphatic heterocycles. The van der Waals surface area contributed by atoms with Crippen LogP contribution >= 0.6 is 11.6 Å². The van der Waals surface area contributed by atoms with E-state index in [4.69, 9.17) is 16.6 Å². The van der Waals surface area contributed by atoms with Crippen LogP contribution in [-0.4, -0.2) is 85.7 Å². The molecule has 7 nitrogen and oxygen atoms in total. The third-order valence-electron chi connectivity index (χ3n) is 5.87. The maximum atomic E-state index is 12.6. The maximum absolute atomic E-state index is 12.6. The van der Waals surface area contributed by atoms with Gasteiger partial charge >= 0.3 is 0 Å². The van der Waals surface area contributed by atoms with E-state index in [1.54, 1.807) is 0 Å². The second-order valence-electron chi connectivity index (χ2n) is 8.68. The first-order valence-electron chi connectivity index (χ1n) is 11.0. The molecule has 1 amide bonds. The van der Waals surface area contributed by atoms with Gasteiger partial charge in [-0.15, -0.1) is 0 Å². The molecule has 8 heteroatoms. The number of hydrogen-bond acceptors (Lipinski definition) is 5. The zero-order valence-electron chi connectivity index (χ0n) is 19.0. The average molecular weight is 455 g/mol. The Morgan fingerprint density at radius 2 is 1.81 bits per heavy atom. The molecule has 1 aromatic heterocycles. The molecule has 2 heterocycles. The lowest BCUT2D eigenvalue weighted by molar-refractivity contribution is 0.0951. The summed E-state index contributed by atoms with van der Waals surface area (Å²) in [6, 6.07) is 13.7. The highest BCUT2D eigenvalue weighted by molar-refractivity contribution is 6.30. The number of imidazole rings is 1. The molecule has 170 valence electrons. The molecule has 0 bridgehead atoms. The minimum absolute atomic E-state index is 0.0675. The van der Waals surface area contributed by atoms with Crippen LogP contribution in [0.5, 0.6) is 0 Å². The van der Waals surface area contributed by atoms with Crippen molar-refractivity contribution in [2.24, 2.45) is 0 Å². The lowest BCUT2D eigenvalue weighted by Crippen LogP contribution is -2.45. The predicted molar refractivity (Wildman–Crippen MR) is 131 cm³/mol. The number of aromatic nitrogens is 2. The summed E-state index contributed by atoms with van der Waals surface area (Å²) in [4.78, 5) is 24.3. The highest BCUT2D eigenvalue weighted by atomic mass is 35.5. The second kappa shape index (κ2) is 9.90. The van der Waals surface area contributed by atoms with E-state index in [2.05, 4.69) is 38.9 Å². The minimum Gasteiger partial charge on any atom is -0.351 e. The van der Waals surface area contributed by atoms with Crippen molar-refractivity contribution in [1.29, 1.82) is 0 Å². The Morgan fingerprint density at radius 3 is 2.50 bits per heavy atom. The van der Waals surface area contributed by atoms with Crippen molar-refractivity contribution in [2.45, 2.75) is 6.54 Å². The van der Waals surface area contributed by atoms with Crippen LogP contribution in [-0.2, 0) is 6.54 Å². The standard InChI is InChI=1S/C24H31ClN6O/c1-28(2)11-10-26-23(32)19-6-9-22-21(16-19)27-24(30-14-12-29(3)13-15-30)31(22)17-18-4-7-20(25)8-5-18/h4-9,16H,10-15,17H2,1-3H3,(H,26,32). The summed E-state index contributed by atoms with van der Waals surface area (Å²) in [6.07, 6.45) is 0. The number of rotatable bonds is 7. The molecule has 3 aromatic rings. The number of halogens is 1. The number of benzene rings is 2. The summed E-state index contributed by atoms with van der Waals surface area (Å²) >= 11 is 6.08.